The molecule has 0 unspecified atom stereocenters. The molecule has 0 aliphatic heterocycles. The second-order valence-corrected chi connectivity index (χ2v) is 2.62. The van der Waals surface area contributed by atoms with Gasteiger partial charge in [0.25, 0.3) is 0 Å². The highest BCUT2D eigenvalue weighted by atomic mass is 14.9. The number of hydrogen-bond acceptors (Lipinski definition) is 3. The Labute approximate surface area is 66.7 Å². The third kappa shape index (κ3) is 1.54. The van der Waals surface area contributed by atoms with Crippen molar-refractivity contribution in [1.82, 2.24) is 9.97 Å². The average Bonchev–Trinajstić information content (AvgIpc) is 1.85. The molecule has 1 aromatic heterocycles. The first-order valence-corrected chi connectivity index (χ1v) is 3.66. The maximum absolute atomic E-state index is 5.52. The van der Waals surface area contributed by atoms with Crippen molar-refractivity contribution in [3.8, 4) is 0 Å². The van der Waals surface area contributed by atoms with E-state index < -0.39 is 0 Å². The molecule has 0 amide bonds. The molecule has 0 aliphatic rings. The first-order valence-electron chi connectivity index (χ1n) is 3.66. The Morgan fingerprint density at radius 3 is 1.91 bits per heavy atom. The lowest BCUT2D eigenvalue weighted by atomic mass is 10.2. The molecule has 0 bridgehead atoms. The number of nitrogens with zero attached hydrogens (tertiary/aromatic N) is 2. The van der Waals surface area contributed by atoms with Crippen LogP contribution >= 0.6 is 0 Å². The topological polar surface area (TPSA) is 51.8 Å². The minimum atomic E-state index is 0.526. The molecule has 0 saturated heterocycles. The van der Waals surface area contributed by atoms with Crippen LogP contribution in [0.2, 0.25) is 0 Å². The Hall–Kier alpha value is -0.960. The van der Waals surface area contributed by atoms with E-state index in [1.807, 2.05) is 20.8 Å². The van der Waals surface area contributed by atoms with Crippen LogP contribution in [-0.2, 0) is 6.54 Å². The van der Waals surface area contributed by atoms with E-state index in [0.29, 0.717) is 6.54 Å². The van der Waals surface area contributed by atoms with Gasteiger partial charge in [0.05, 0.1) is 0 Å². The third-order valence-electron chi connectivity index (χ3n) is 1.74. The highest BCUT2D eigenvalue weighted by Crippen LogP contribution is 2.07. The van der Waals surface area contributed by atoms with E-state index in [0.717, 1.165) is 22.8 Å². The summed E-state index contributed by atoms with van der Waals surface area (Å²) in [6.07, 6.45) is 0. The molecule has 0 atom stereocenters. The van der Waals surface area contributed by atoms with Crippen molar-refractivity contribution < 1.29 is 0 Å². The summed E-state index contributed by atoms with van der Waals surface area (Å²) in [5.74, 6) is 0.817. The first-order chi connectivity index (χ1) is 5.15. The highest BCUT2D eigenvalue weighted by molar-refractivity contribution is 5.23. The fraction of sp³-hybridized carbons (Fsp3) is 0.500. The molecular formula is C8H13N3. The van der Waals surface area contributed by atoms with Gasteiger partial charge in [0.2, 0.25) is 0 Å². The van der Waals surface area contributed by atoms with Crippen LogP contribution in [0.5, 0.6) is 0 Å². The van der Waals surface area contributed by atoms with E-state index in [2.05, 4.69) is 9.97 Å². The third-order valence-corrected chi connectivity index (χ3v) is 1.74. The van der Waals surface area contributed by atoms with Gasteiger partial charge in [-0.25, -0.2) is 9.97 Å². The summed E-state index contributed by atoms with van der Waals surface area (Å²) in [5, 5.41) is 0. The van der Waals surface area contributed by atoms with Gasteiger partial charge >= 0.3 is 0 Å². The van der Waals surface area contributed by atoms with Gasteiger partial charge in [-0.05, 0) is 20.8 Å². The summed E-state index contributed by atoms with van der Waals surface area (Å²) in [7, 11) is 0. The fourth-order valence-electron chi connectivity index (χ4n) is 1.20. The Morgan fingerprint density at radius 1 is 1.09 bits per heavy atom. The molecule has 3 nitrogen and oxygen atoms in total. The van der Waals surface area contributed by atoms with Crippen molar-refractivity contribution in [2.45, 2.75) is 27.3 Å². The van der Waals surface area contributed by atoms with Crippen LogP contribution in [0.25, 0.3) is 0 Å². The van der Waals surface area contributed by atoms with Crippen LogP contribution in [0.15, 0.2) is 0 Å². The van der Waals surface area contributed by atoms with Crippen molar-refractivity contribution in [3.63, 3.8) is 0 Å². The number of nitrogens with two attached hydrogens (primary N) is 1. The quantitative estimate of drug-likeness (QED) is 0.647. The van der Waals surface area contributed by atoms with Gasteiger partial charge in [0.1, 0.15) is 5.82 Å². The van der Waals surface area contributed by atoms with Gasteiger partial charge in [0, 0.05) is 23.5 Å². The fourth-order valence-corrected chi connectivity index (χ4v) is 1.20. The maximum Gasteiger partial charge on any atom is 0.125 e. The van der Waals surface area contributed by atoms with Gasteiger partial charge in [-0.3, -0.25) is 0 Å². The van der Waals surface area contributed by atoms with Gasteiger partial charge in [-0.1, -0.05) is 0 Å². The van der Waals surface area contributed by atoms with Crippen LogP contribution in [0.4, 0.5) is 0 Å². The molecule has 60 valence electrons. The Kier molecular flexibility index (Phi) is 2.19. The zero-order valence-electron chi connectivity index (χ0n) is 7.18. The molecule has 0 radical (unpaired) electrons. The summed E-state index contributed by atoms with van der Waals surface area (Å²) in [6.45, 7) is 6.34. The minimum Gasteiger partial charge on any atom is -0.326 e. The molecule has 1 rings (SSSR count). The second kappa shape index (κ2) is 2.96. The van der Waals surface area contributed by atoms with Gasteiger partial charge in [-0.2, -0.15) is 0 Å². The van der Waals surface area contributed by atoms with Gasteiger partial charge in [-0.15, -0.1) is 0 Å². The zero-order chi connectivity index (χ0) is 8.43. The zero-order valence-corrected chi connectivity index (χ0v) is 7.18. The predicted molar refractivity (Wildman–Crippen MR) is 44.1 cm³/mol. The van der Waals surface area contributed by atoms with E-state index in [4.69, 9.17) is 5.73 Å². The lowest BCUT2D eigenvalue weighted by Crippen LogP contribution is -2.07. The van der Waals surface area contributed by atoms with E-state index in [-0.39, 0.29) is 0 Å². The lowest BCUT2D eigenvalue weighted by molar-refractivity contribution is 0.897. The first kappa shape index (κ1) is 8.14. The normalized spacial score (nSPS) is 10.2. The van der Waals surface area contributed by atoms with Crippen LogP contribution in [0.3, 0.4) is 0 Å². The molecule has 1 heterocycles. The van der Waals surface area contributed by atoms with Gasteiger partial charge < -0.3 is 5.73 Å². The van der Waals surface area contributed by atoms with Crippen molar-refractivity contribution in [1.29, 1.82) is 0 Å². The van der Waals surface area contributed by atoms with Crippen molar-refractivity contribution >= 4 is 0 Å². The van der Waals surface area contributed by atoms with Crippen LogP contribution in [-0.4, -0.2) is 9.97 Å². The molecule has 0 fully saturated rings. The van der Waals surface area contributed by atoms with E-state index in [1.165, 1.54) is 0 Å². The van der Waals surface area contributed by atoms with E-state index in [9.17, 15) is 0 Å². The molecule has 1 aromatic rings. The molecule has 0 saturated carbocycles. The Bertz CT molecular complexity index is 245. The number of aryl methyl sites for hydroxylation is 3. The van der Waals surface area contributed by atoms with Crippen LogP contribution in [0, 0.1) is 20.8 Å². The standard InChI is InChI=1S/C8H13N3/c1-5-8(4-9)6(2)11-7(3)10-5/h4,9H2,1-3H3. The smallest absolute Gasteiger partial charge is 0.125 e. The van der Waals surface area contributed by atoms with Crippen LogP contribution < -0.4 is 5.73 Å². The predicted octanol–water partition coefficient (Wildman–Crippen LogP) is 0.861. The monoisotopic (exact) mass is 151 g/mol. The van der Waals surface area contributed by atoms with Crippen molar-refractivity contribution in [2.24, 2.45) is 5.73 Å². The minimum absolute atomic E-state index is 0.526. The van der Waals surface area contributed by atoms with Crippen LogP contribution in [0.1, 0.15) is 22.8 Å². The molecule has 3 heteroatoms. The summed E-state index contributed by atoms with van der Waals surface area (Å²) < 4.78 is 0. The van der Waals surface area contributed by atoms with Crippen molar-refractivity contribution in [2.75, 3.05) is 0 Å². The number of rotatable bonds is 1. The number of aromatic nitrogens is 2. The van der Waals surface area contributed by atoms with E-state index in [1.54, 1.807) is 0 Å². The summed E-state index contributed by atoms with van der Waals surface area (Å²) in [6, 6.07) is 0. The largest absolute Gasteiger partial charge is 0.326 e. The SMILES string of the molecule is Cc1nc(C)c(CN)c(C)n1. The average molecular weight is 151 g/mol. The molecule has 2 N–H and O–H groups in total. The second-order valence-electron chi connectivity index (χ2n) is 2.62. The number of hydrogen-bond donors (Lipinski definition) is 1. The summed E-state index contributed by atoms with van der Waals surface area (Å²) in [4.78, 5) is 8.43. The Morgan fingerprint density at radius 2 is 1.55 bits per heavy atom. The summed E-state index contributed by atoms with van der Waals surface area (Å²) >= 11 is 0. The highest BCUT2D eigenvalue weighted by Gasteiger charge is 2.02. The van der Waals surface area contributed by atoms with Crippen molar-refractivity contribution in [3.05, 3.63) is 22.8 Å². The molecular weight excluding hydrogens is 138 g/mol. The Balaban J connectivity index is 3.25. The summed E-state index contributed by atoms with van der Waals surface area (Å²) in [5.41, 5.74) is 8.58. The molecule has 0 aliphatic carbocycles. The maximum atomic E-state index is 5.52. The molecule has 0 spiro atoms. The lowest BCUT2D eigenvalue weighted by Gasteiger charge is -2.05. The van der Waals surface area contributed by atoms with Gasteiger partial charge in [0.15, 0.2) is 0 Å². The van der Waals surface area contributed by atoms with E-state index >= 15 is 0 Å². The molecule has 0 aromatic carbocycles. The molecule has 11 heavy (non-hydrogen) atoms.